The second kappa shape index (κ2) is 6.73. The molecule has 2 aromatic rings. The van der Waals surface area contributed by atoms with Crippen LogP contribution in [0.15, 0.2) is 35.3 Å². The van der Waals surface area contributed by atoms with Crippen LogP contribution >= 0.6 is 0 Å². The van der Waals surface area contributed by atoms with Gasteiger partial charge in [-0.1, -0.05) is 24.3 Å². The third-order valence-corrected chi connectivity index (χ3v) is 3.84. The second-order valence-corrected chi connectivity index (χ2v) is 5.39. The van der Waals surface area contributed by atoms with Crippen molar-refractivity contribution < 1.29 is 4.39 Å². The molecule has 1 aliphatic heterocycles. The highest BCUT2D eigenvalue weighted by Crippen LogP contribution is 2.23. The maximum Gasteiger partial charge on any atom is 0.224 e. The van der Waals surface area contributed by atoms with E-state index in [-0.39, 0.29) is 5.82 Å². The van der Waals surface area contributed by atoms with Crippen molar-refractivity contribution in [2.45, 2.75) is 26.8 Å². The van der Waals surface area contributed by atoms with Crippen molar-refractivity contribution in [1.29, 1.82) is 0 Å². The number of benzene rings is 1. The topological polar surface area (TPSA) is 46.3 Å². The molecule has 1 fully saturated rings. The first kappa shape index (κ1) is 15.4. The predicted octanol–water partition coefficient (Wildman–Crippen LogP) is 3.13. The lowest BCUT2D eigenvalue weighted by Crippen LogP contribution is -2.39. The lowest BCUT2D eigenvalue weighted by molar-refractivity contribution is 0.550. The van der Waals surface area contributed by atoms with Crippen LogP contribution in [0.1, 0.15) is 31.7 Å². The Morgan fingerprint density at radius 1 is 1.30 bits per heavy atom. The van der Waals surface area contributed by atoms with Gasteiger partial charge in [0.15, 0.2) is 0 Å². The third-order valence-electron chi connectivity index (χ3n) is 3.84. The molecule has 0 radical (unpaired) electrons. The molecule has 2 heterocycles. The summed E-state index contributed by atoms with van der Waals surface area (Å²) < 4.78 is 15.7. The molecule has 0 N–H and O–H groups in total. The molecule has 1 aromatic heterocycles. The Kier molecular flexibility index (Phi) is 4.50. The third kappa shape index (κ3) is 3.16. The molecule has 6 heteroatoms. The van der Waals surface area contributed by atoms with Gasteiger partial charge in [-0.05, 0) is 26.3 Å². The summed E-state index contributed by atoms with van der Waals surface area (Å²) in [5.41, 5.74) is 1.33. The Hall–Kier alpha value is -2.50. The van der Waals surface area contributed by atoms with E-state index in [1.54, 1.807) is 23.0 Å². The molecule has 0 saturated carbocycles. The van der Waals surface area contributed by atoms with Gasteiger partial charge in [0.05, 0.1) is 6.54 Å². The first-order valence-electron chi connectivity index (χ1n) is 7.81. The molecule has 0 spiro atoms. The van der Waals surface area contributed by atoms with Gasteiger partial charge in [-0.15, -0.1) is 5.10 Å². The van der Waals surface area contributed by atoms with Crippen molar-refractivity contribution in [3.05, 3.63) is 47.5 Å². The predicted molar refractivity (Wildman–Crippen MR) is 90.2 cm³/mol. The van der Waals surface area contributed by atoms with E-state index in [1.165, 1.54) is 6.07 Å². The summed E-state index contributed by atoms with van der Waals surface area (Å²) in [5.74, 6) is 1.13. The fraction of sp³-hybridized carbons (Fsp3) is 0.353. The molecule has 0 unspecified atom stereocenters. The van der Waals surface area contributed by atoms with Crippen molar-refractivity contribution in [1.82, 2.24) is 14.8 Å². The van der Waals surface area contributed by atoms with Crippen LogP contribution in [0, 0.1) is 5.82 Å². The van der Waals surface area contributed by atoms with Crippen molar-refractivity contribution in [2.24, 2.45) is 4.99 Å². The van der Waals surface area contributed by atoms with Gasteiger partial charge in [0.25, 0.3) is 0 Å². The Labute approximate surface area is 135 Å². The molecule has 0 bridgehead atoms. The van der Waals surface area contributed by atoms with E-state index >= 15 is 0 Å². The molecular weight excluding hydrogens is 293 g/mol. The number of hydrogen-bond donors (Lipinski definition) is 0. The van der Waals surface area contributed by atoms with Gasteiger partial charge in [0, 0.05) is 24.9 Å². The molecule has 3 rings (SSSR count). The summed E-state index contributed by atoms with van der Waals surface area (Å²) in [4.78, 5) is 11.1. The van der Waals surface area contributed by atoms with Crippen molar-refractivity contribution in [3.63, 3.8) is 0 Å². The van der Waals surface area contributed by atoms with Gasteiger partial charge in [-0.2, -0.15) is 4.98 Å². The highest BCUT2D eigenvalue weighted by molar-refractivity contribution is 5.69. The molecule has 0 amide bonds. The minimum Gasteiger partial charge on any atom is -0.341 e. The molecular formula is C17H20FN5. The Morgan fingerprint density at radius 2 is 2.09 bits per heavy atom. The van der Waals surface area contributed by atoms with Crippen LogP contribution in [0.5, 0.6) is 0 Å². The van der Waals surface area contributed by atoms with E-state index in [4.69, 9.17) is 0 Å². The van der Waals surface area contributed by atoms with Gasteiger partial charge in [-0.3, -0.25) is 4.99 Å². The van der Waals surface area contributed by atoms with Gasteiger partial charge in [0.1, 0.15) is 11.5 Å². The zero-order valence-electron chi connectivity index (χ0n) is 13.4. The number of aromatic nitrogens is 3. The average Bonchev–Trinajstić information content (AvgIpc) is 2.89. The molecule has 1 aliphatic rings. The second-order valence-electron chi connectivity index (χ2n) is 5.39. The summed E-state index contributed by atoms with van der Waals surface area (Å²) in [6.45, 7) is 6.03. The molecule has 1 aromatic carbocycles. The Morgan fingerprint density at radius 3 is 2.70 bits per heavy atom. The van der Waals surface area contributed by atoms with Gasteiger partial charge < -0.3 is 4.90 Å². The van der Waals surface area contributed by atoms with E-state index in [9.17, 15) is 4.39 Å². The average molecular weight is 313 g/mol. The standard InChI is InChI=1S/C17H20FN5/c1-3-15(19-4-2)16-20-17(22-10-7-11-22)23(21-16)12-13-8-5-6-9-14(13)18/h3-6,8-9H,7,10-12H2,1-2H3/b15-3-,19-4?. The van der Waals surface area contributed by atoms with Crippen LogP contribution in [-0.2, 0) is 6.54 Å². The zero-order chi connectivity index (χ0) is 16.2. The van der Waals surface area contributed by atoms with Gasteiger partial charge in [-0.25, -0.2) is 9.07 Å². The monoisotopic (exact) mass is 313 g/mol. The first-order valence-corrected chi connectivity index (χ1v) is 7.81. The van der Waals surface area contributed by atoms with E-state index in [0.717, 1.165) is 31.2 Å². The van der Waals surface area contributed by atoms with Crippen molar-refractivity contribution in [3.8, 4) is 0 Å². The normalized spacial score (nSPS) is 15.3. The van der Waals surface area contributed by atoms with E-state index in [0.29, 0.717) is 17.9 Å². The number of hydrogen-bond acceptors (Lipinski definition) is 4. The van der Waals surface area contributed by atoms with Crippen LogP contribution in [0.25, 0.3) is 5.70 Å². The summed E-state index contributed by atoms with van der Waals surface area (Å²) in [5, 5.41) is 4.55. The highest BCUT2D eigenvalue weighted by Gasteiger charge is 2.23. The molecule has 1 saturated heterocycles. The molecule has 120 valence electrons. The smallest absolute Gasteiger partial charge is 0.224 e. The number of anilines is 1. The first-order chi connectivity index (χ1) is 11.2. The van der Waals surface area contributed by atoms with Crippen LogP contribution < -0.4 is 4.90 Å². The summed E-state index contributed by atoms with van der Waals surface area (Å²) in [6.07, 6.45) is 4.74. The maximum absolute atomic E-state index is 13.9. The summed E-state index contributed by atoms with van der Waals surface area (Å²) in [7, 11) is 0. The van der Waals surface area contributed by atoms with Crippen LogP contribution in [0.3, 0.4) is 0 Å². The van der Waals surface area contributed by atoms with Crippen molar-refractivity contribution >= 4 is 17.9 Å². The van der Waals surface area contributed by atoms with E-state index in [1.807, 2.05) is 26.0 Å². The quantitative estimate of drug-likeness (QED) is 0.797. The van der Waals surface area contributed by atoms with Crippen molar-refractivity contribution in [2.75, 3.05) is 18.0 Å². The number of allylic oxidation sites excluding steroid dienone is 1. The number of nitrogens with zero attached hydrogens (tertiary/aromatic N) is 5. The number of halogens is 1. The van der Waals surface area contributed by atoms with Gasteiger partial charge in [0.2, 0.25) is 11.8 Å². The summed E-state index contributed by atoms with van der Waals surface area (Å²) in [6, 6.07) is 6.76. The van der Waals surface area contributed by atoms with E-state index in [2.05, 4.69) is 20.0 Å². The minimum atomic E-state index is -0.225. The Bertz CT molecular complexity index is 743. The molecule has 23 heavy (non-hydrogen) atoms. The van der Waals surface area contributed by atoms with Crippen LogP contribution in [0.4, 0.5) is 10.3 Å². The molecule has 0 aliphatic carbocycles. The minimum absolute atomic E-state index is 0.225. The van der Waals surface area contributed by atoms with Gasteiger partial charge >= 0.3 is 0 Å². The maximum atomic E-state index is 13.9. The fourth-order valence-corrected chi connectivity index (χ4v) is 2.49. The number of rotatable bonds is 5. The van der Waals surface area contributed by atoms with Crippen LogP contribution in [0.2, 0.25) is 0 Å². The number of aliphatic imine (C=N–C) groups is 1. The fourth-order valence-electron chi connectivity index (χ4n) is 2.49. The van der Waals surface area contributed by atoms with Crippen LogP contribution in [-0.4, -0.2) is 34.1 Å². The Balaban J connectivity index is 1.97. The molecule has 5 nitrogen and oxygen atoms in total. The van der Waals surface area contributed by atoms with E-state index < -0.39 is 0 Å². The largest absolute Gasteiger partial charge is 0.341 e. The molecule has 0 atom stereocenters. The summed E-state index contributed by atoms with van der Waals surface area (Å²) >= 11 is 0. The lowest BCUT2D eigenvalue weighted by atomic mass is 10.2. The highest BCUT2D eigenvalue weighted by atomic mass is 19.1. The SMILES string of the molecule is CC=N/C(=C\C)c1nc(N2CCC2)n(Cc2ccccc2F)n1. The lowest BCUT2D eigenvalue weighted by Gasteiger charge is -2.31. The zero-order valence-corrected chi connectivity index (χ0v) is 13.4.